The number of aromatic nitrogens is 1. The number of thiazole rings is 1. The monoisotopic (exact) mass is 441 g/mol. The molecule has 0 saturated carbocycles. The molecule has 1 aliphatic heterocycles. The van der Waals surface area contributed by atoms with Gasteiger partial charge in [-0.2, -0.15) is 0 Å². The molecule has 0 unspecified atom stereocenters. The second-order valence-corrected chi connectivity index (χ2v) is 8.59. The zero-order chi connectivity index (χ0) is 18.6. The molecule has 27 heavy (non-hydrogen) atoms. The molecule has 6 heteroatoms. The Labute approximate surface area is 171 Å². The van der Waals surface area contributed by atoms with Gasteiger partial charge in [-0.15, -0.1) is 11.3 Å². The maximum Gasteiger partial charge on any atom is 0.246 e. The highest BCUT2D eigenvalue weighted by Gasteiger charge is 2.20. The van der Waals surface area contributed by atoms with Crippen molar-refractivity contribution in [1.82, 2.24) is 14.8 Å². The molecule has 4 nitrogen and oxygen atoms in total. The van der Waals surface area contributed by atoms with Gasteiger partial charge in [0.1, 0.15) is 5.01 Å². The van der Waals surface area contributed by atoms with E-state index < -0.39 is 0 Å². The predicted octanol–water partition coefficient (Wildman–Crippen LogP) is 4.42. The molecule has 1 amide bonds. The van der Waals surface area contributed by atoms with Gasteiger partial charge in [-0.25, -0.2) is 4.98 Å². The molecule has 3 aromatic rings. The van der Waals surface area contributed by atoms with Crippen LogP contribution < -0.4 is 0 Å². The van der Waals surface area contributed by atoms with Gasteiger partial charge in [0, 0.05) is 36.7 Å². The van der Waals surface area contributed by atoms with Crippen LogP contribution in [0.5, 0.6) is 0 Å². The Balaban J connectivity index is 1.30. The van der Waals surface area contributed by atoms with Crippen LogP contribution in [-0.2, 0) is 11.3 Å². The Hall–Kier alpha value is -2.02. The van der Waals surface area contributed by atoms with Crippen LogP contribution in [-0.4, -0.2) is 46.9 Å². The summed E-state index contributed by atoms with van der Waals surface area (Å²) in [5.74, 6) is 0.0811. The molecular weight excluding hydrogens is 422 g/mol. The second kappa shape index (κ2) is 8.33. The summed E-state index contributed by atoms with van der Waals surface area (Å²) in [6.45, 7) is 4.14. The first-order chi connectivity index (χ1) is 13.2. The summed E-state index contributed by atoms with van der Waals surface area (Å²) in [5, 5.41) is 1.14. The van der Waals surface area contributed by atoms with Crippen molar-refractivity contribution in [3.8, 4) is 0 Å². The lowest BCUT2D eigenvalue weighted by atomic mass is 10.2. The number of carbonyl (C=O) groups excluding carboxylic acids is 1. The zero-order valence-corrected chi connectivity index (χ0v) is 17.2. The standard InChI is InChI=1S/C21H20BrN3OS/c22-17-8-5-16(6-9-17)7-10-21(26)25-13-11-24(12-14-25)15-20-23-18-3-1-2-4-19(18)27-20/h1-10H,11-15H2/b10-7+. The molecule has 4 rings (SSSR count). The minimum absolute atomic E-state index is 0.0811. The molecule has 0 bridgehead atoms. The first-order valence-electron chi connectivity index (χ1n) is 8.97. The fraction of sp³-hybridized carbons (Fsp3) is 0.238. The van der Waals surface area contributed by atoms with E-state index in [4.69, 9.17) is 4.98 Å². The van der Waals surface area contributed by atoms with Gasteiger partial charge in [0.25, 0.3) is 0 Å². The number of hydrogen-bond donors (Lipinski definition) is 0. The maximum atomic E-state index is 12.4. The minimum Gasteiger partial charge on any atom is -0.337 e. The Morgan fingerprint density at radius 1 is 1.07 bits per heavy atom. The molecule has 1 fully saturated rings. The van der Waals surface area contributed by atoms with Gasteiger partial charge >= 0.3 is 0 Å². The third-order valence-corrected chi connectivity index (χ3v) is 6.22. The van der Waals surface area contributed by atoms with Crippen LogP contribution in [0, 0.1) is 0 Å². The van der Waals surface area contributed by atoms with E-state index in [9.17, 15) is 4.79 Å². The SMILES string of the molecule is O=C(/C=C/c1ccc(Br)cc1)N1CCN(Cc2nc3ccccc3s2)CC1. The van der Waals surface area contributed by atoms with E-state index in [1.54, 1.807) is 17.4 Å². The average molecular weight is 442 g/mol. The van der Waals surface area contributed by atoms with Gasteiger partial charge in [-0.3, -0.25) is 9.69 Å². The minimum atomic E-state index is 0.0811. The van der Waals surface area contributed by atoms with E-state index in [1.807, 2.05) is 41.3 Å². The number of benzene rings is 2. The van der Waals surface area contributed by atoms with Gasteiger partial charge in [0.15, 0.2) is 0 Å². The molecule has 0 spiro atoms. The molecule has 2 heterocycles. The Morgan fingerprint density at radius 3 is 2.56 bits per heavy atom. The van der Waals surface area contributed by atoms with Crippen molar-refractivity contribution in [3.05, 3.63) is 69.7 Å². The molecule has 138 valence electrons. The van der Waals surface area contributed by atoms with Crippen molar-refractivity contribution in [1.29, 1.82) is 0 Å². The predicted molar refractivity (Wildman–Crippen MR) is 115 cm³/mol. The number of nitrogens with zero attached hydrogens (tertiary/aromatic N) is 3. The molecule has 1 saturated heterocycles. The van der Waals surface area contributed by atoms with Gasteiger partial charge in [-0.05, 0) is 35.9 Å². The van der Waals surface area contributed by atoms with Crippen molar-refractivity contribution < 1.29 is 4.79 Å². The van der Waals surface area contributed by atoms with Gasteiger partial charge < -0.3 is 4.90 Å². The number of amides is 1. The summed E-state index contributed by atoms with van der Waals surface area (Å²) in [6, 6.07) is 16.2. The molecule has 0 N–H and O–H groups in total. The van der Waals surface area contributed by atoms with Crippen LogP contribution in [0.1, 0.15) is 10.6 Å². The summed E-state index contributed by atoms with van der Waals surface area (Å²) in [7, 11) is 0. The van der Waals surface area contributed by atoms with Crippen LogP contribution in [0.25, 0.3) is 16.3 Å². The third-order valence-electron chi connectivity index (χ3n) is 4.67. The zero-order valence-electron chi connectivity index (χ0n) is 14.8. The van der Waals surface area contributed by atoms with Crippen molar-refractivity contribution in [2.45, 2.75) is 6.54 Å². The summed E-state index contributed by atoms with van der Waals surface area (Å²) in [4.78, 5) is 21.4. The Kier molecular flexibility index (Phi) is 5.66. The van der Waals surface area contributed by atoms with E-state index in [1.165, 1.54) is 4.70 Å². The van der Waals surface area contributed by atoms with Crippen LogP contribution in [0.4, 0.5) is 0 Å². The van der Waals surface area contributed by atoms with Crippen molar-refractivity contribution in [2.75, 3.05) is 26.2 Å². The lowest BCUT2D eigenvalue weighted by Gasteiger charge is -2.33. The largest absolute Gasteiger partial charge is 0.337 e. The van der Waals surface area contributed by atoms with Gasteiger partial charge in [0.2, 0.25) is 5.91 Å². The van der Waals surface area contributed by atoms with Gasteiger partial charge in [0.05, 0.1) is 16.8 Å². The maximum absolute atomic E-state index is 12.4. The van der Waals surface area contributed by atoms with E-state index in [0.717, 1.165) is 53.3 Å². The number of hydrogen-bond acceptors (Lipinski definition) is 4. The van der Waals surface area contributed by atoms with E-state index in [-0.39, 0.29) is 5.91 Å². The van der Waals surface area contributed by atoms with Crippen LogP contribution in [0.15, 0.2) is 59.1 Å². The molecule has 0 radical (unpaired) electrons. The van der Waals surface area contributed by atoms with Gasteiger partial charge in [-0.1, -0.05) is 40.2 Å². The Bertz CT molecular complexity index is 926. The van der Waals surface area contributed by atoms with Crippen LogP contribution >= 0.6 is 27.3 Å². The normalized spacial score (nSPS) is 15.7. The van der Waals surface area contributed by atoms with E-state index in [2.05, 4.69) is 39.0 Å². The highest BCUT2D eigenvalue weighted by molar-refractivity contribution is 9.10. The average Bonchev–Trinajstić information content (AvgIpc) is 3.10. The van der Waals surface area contributed by atoms with Crippen molar-refractivity contribution in [2.24, 2.45) is 0 Å². The number of rotatable bonds is 4. The van der Waals surface area contributed by atoms with Crippen LogP contribution in [0.3, 0.4) is 0 Å². The number of carbonyl (C=O) groups is 1. The fourth-order valence-electron chi connectivity index (χ4n) is 3.15. The quantitative estimate of drug-likeness (QED) is 0.562. The summed E-state index contributed by atoms with van der Waals surface area (Å²) >= 11 is 5.18. The third kappa shape index (κ3) is 4.64. The van der Waals surface area contributed by atoms with E-state index >= 15 is 0 Å². The fourth-order valence-corrected chi connectivity index (χ4v) is 4.43. The summed E-state index contributed by atoms with van der Waals surface area (Å²) < 4.78 is 2.27. The second-order valence-electron chi connectivity index (χ2n) is 6.56. The lowest BCUT2D eigenvalue weighted by Crippen LogP contribution is -2.47. The first-order valence-corrected chi connectivity index (χ1v) is 10.6. The lowest BCUT2D eigenvalue weighted by molar-refractivity contribution is -0.127. The smallest absolute Gasteiger partial charge is 0.246 e. The molecule has 2 aromatic carbocycles. The topological polar surface area (TPSA) is 36.4 Å². The number of para-hydroxylation sites is 1. The Morgan fingerprint density at radius 2 is 1.81 bits per heavy atom. The van der Waals surface area contributed by atoms with Crippen LogP contribution in [0.2, 0.25) is 0 Å². The molecule has 0 atom stereocenters. The highest BCUT2D eigenvalue weighted by Crippen LogP contribution is 2.23. The number of halogens is 1. The number of fused-ring (bicyclic) bond motifs is 1. The molecular formula is C21H20BrN3OS. The molecule has 0 aliphatic carbocycles. The first kappa shape index (κ1) is 18.3. The molecule has 1 aliphatic rings. The highest BCUT2D eigenvalue weighted by atomic mass is 79.9. The van der Waals surface area contributed by atoms with Crippen molar-refractivity contribution >= 4 is 49.5 Å². The van der Waals surface area contributed by atoms with Crippen molar-refractivity contribution in [3.63, 3.8) is 0 Å². The van der Waals surface area contributed by atoms with E-state index in [0.29, 0.717) is 0 Å². The summed E-state index contributed by atoms with van der Waals surface area (Å²) in [5.41, 5.74) is 2.10. The number of piperazine rings is 1. The summed E-state index contributed by atoms with van der Waals surface area (Å²) in [6.07, 6.45) is 3.55. The molecule has 1 aromatic heterocycles.